The summed E-state index contributed by atoms with van der Waals surface area (Å²) in [6, 6.07) is 4.27. The van der Waals surface area contributed by atoms with Crippen molar-refractivity contribution in [3.8, 4) is 17.1 Å². The number of ether oxygens (including phenoxy) is 1. The predicted octanol–water partition coefficient (Wildman–Crippen LogP) is 2.93. The average molecular weight is 518 g/mol. The molecule has 11 nitrogen and oxygen atoms in total. The Morgan fingerprint density at radius 2 is 1.94 bits per heavy atom. The van der Waals surface area contributed by atoms with E-state index >= 15 is 0 Å². The molecule has 2 aliphatic carbocycles. The number of halogens is 1. The second kappa shape index (κ2) is 9.05. The number of anilines is 3. The third kappa shape index (κ3) is 4.61. The normalized spacial score (nSPS) is 15.1. The van der Waals surface area contributed by atoms with Gasteiger partial charge in [-0.1, -0.05) is 0 Å². The Balaban J connectivity index is 1.52. The number of aromatic nitrogens is 5. The molecular weight excluding hydrogens is 499 g/mol. The summed E-state index contributed by atoms with van der Waals surface area (Å²) < 4.78 is 26.9. The van der Waals surface area contributed by atoms with E-state index in [-0.39, 0.29) is 59.1 Å². The fourth-order valence-corrected chi connectivity index (χ4v) is 3.76. The molecule has 0 bridgehead atoms. The van der Waals surface area contributed by atoms with E-state index < -0.39 is 11.8 Å². The SMILES string of the molecule is COc1c(Nc2cc(NC(=O)C3CC3)nnc2C(=O)[O][Zn])cc(F)cc1-c1ncn(C2CC2)n1. The molecule has 0 saturated heterocycles. The minimum absolute atomic E-state index is 0.0438. The van der Waals surface area contributed by atoms with Crippen LogP contribution in [0.5, 0.6) is 5.75 Å². The molecule has 2 fully saturated rings. The van der Waals surface area contributed by atoms with Crippen LogP contribution in [-0.4, -0.2) is 43.9 Å². The zero-order chi connectivity index (χ0) is 23.8. The van der Waals surface area contributed by atoms with Crippen LogP contribution in [0.1, 0.15) is 42.2 Å². The quantitative estimate of drug-likeness (QED) is 0.433. The molecule has 1 aromatic carbocycles. The molecule has 5 rings (SSSR count). The third-order valence-corrected chi connectivity index (χ3v) is 6.07. The number of benzene rings is 1. The molecule has 2 N–H and O–H groups in total. The number of rotatable bonds is 8. The first kappa shape index (κ1) is 22.3. The fourth-order valence-electron chi connectivity index (χ4n) is 3.47. The molecule has 0 atom stereocenters. The Hall–Kier alpha value is -3.47. The standard InChI is InChI=1S/C21H20FN7O4.Zn/c1-33-18-13(19-23-9-29(28-19)12-4-5-12)6-11(22)7-15(18)24-14-8-16(25-20(30)10-2-3-10)26-27-17(14)21(31)32;/h6-10,12H,2-5H2,1H3,(H,31,32)(H2,24,25,26,30);/q;+1/p-1. The van der Waals surface area contributed by atoms with Gasteiger partial charge in [0.05, 0.1) is 0 Å². The fraction of sp³-hybridized carbons (Fsp3) is 0.333. The Morgan fingerprint density at radius 1 is 1.15 bits per heavy atom. The number of methoxy groups -OCH3 is 1. The van der Waals surface area contributed by atoms with Crippen LogP contribution >= 0.6 is 0 Å². The first-order valence-electron chi connectivity index (χ1n) is 10.7. The van der Waals surface area contributed by atoms with E-state index in [0.29, 0.717) is 17.4 Å². The molecule has 1 amide bonds. The summed E-state index contributed by atoms with van der Waals surface area (Å²) in [5.41, 5.74) is 0.624. The summed E-state index contributed by atoms with van der Waals surface area (Å²) in [6.45, 7) is 0. The second-order valence-electron chi connectivity index (χ2n) is 8.13. The Morgan fingerprint density at radius 3 is 2.62 bits per heavy atom. The number of carbonyl (C=O) groups is 2. The van der Waals surface area contributed by atoms with Crippen molar-refractivity contribution in [1.82, 2.24) is 25.0 Å². The van der Waals surface area contributed by atoms with Crippen molar-refractivity contribution in [2.45, 2.75) is 31.7 Å². The molecule has 2 heterocycles. The van der Waals surface area contributed by atoms with Gasteiger partial charge in [-0.2, -0.15) is 0 Å². The average Bonchev–Trinajstić information content (AvgIpc) is 3.76. The van der Waals surface area contributed by atoms with Crippen molar-refractivity contribution >= 4 is 29.1 Å². The second-order valence-corrected chi connectivity index (χ2v) is 8.73. The molecule has 2 aromatic heterocycles. The molecule has 13 heteroatoms. The number of carbonyl (C=O) groups excluding carboxylic acids is 2. The minimum atomic E-state index is -0.699. The van der Waals surface area contributed by atoms with Gasteiger partial charge in [0, 0.05) is 0 Å². The monoisotopic (exact) mass is 516 g/mol. The van der Waals surface area contributed by atoms with E-state index in [1.165, 1.54) is 25.3 Å². The summed E-state index contributed by atoms with van der Waals surface area (Å²) in [5.74, 6) is -0.719. The van der Waals surface area contributed by atoms with Gasteiger partial charge in [-0.05, 0) is 12.8 Å². The van der Waals surface area contributed by atoms with Gasteiger partial charge in [0.1, 0.15) is 0 Å². The first-order chi connectivity index (χ1) is 16.5. The first-order valence-corrected chi connectivity index (χ1v) is 11.9. The summed E-state index contributed by atoms with van der Waals surface area (Å²) in [5, 5.41) is 18.0. The molecule has 0 spiro atoms. The van der Waals surface area contributed by atoms with Crippen LogP contribution < -0.4 is 15.4 Å². The molecule has 34 heavy (non-hydrogen) atoms. The van der Waals surface area contributed by atoms with Crippen LogP contribution in [0.4, 0.5) is 21.6 Å². The van der Waals surface area contributed by atoms with Crippen molar-refractivity contribution in [2.75, 3.05) is 17.7 Å². The zero-order valence-electron chi connectivity index (χ0n) is 18.2. The van der Waals surface area contributed by atoms with Gasteiger partial charge in [-0.25, -0.2) is 0 Å². The van der Waals surface area contributed by atoms with E-state index in [4.69, 9.17) is 8.30 Å². The van der Waals surface area contributed by atoms with Crippen molar-refractivity contribution in [3.05, 3.63) is 36.0 Å². The Labute approximate surface area is 203 Å². The number of nitrogens with one attached hydrogen (secondary N) is 2. The van der Waals surface area contributed by atoms with Gasteiger partial charge in [-0.3, -0.25) is 0 Å². The molecular formula is C21H19FN7O4Zn. The molecule has 0 aliphatic heterocycles. The van der Waals surface area contributed by atoms with Crippen LogP contribution in [0.25, 0.3) is 11.4 Å². The van der Waals surface area contributed by atoms with Gasteiger partial charge in [0.15, 0.2) is 0 Å². The molecule has 3 aromatic rings. The van der Waals surface area contributed by atoms with E-state index in [1.54, 1.807) is 11.0 Å². The van der Waals surface area contributed by atoms with Crippen LogP contribution in [0.2, 0.25) is 0 Å². The summed E-state index contributed by atoms with van der Waals surface area (Å²) in [4.78, 5) is 28.8. The Kier molecular flexibility index (Phi) is 5.95. The van der Waals surface area contributed by atoms with Crippen LogP contribution in [0.15, 0.2) is 24.5 Å². The van der Waals surface area contributed by atoms with Crippen LogP contribution in [0.3, 0.4) is 0 Å². The summed E-state index contributed by atoms with van der Waals surface area (Å²) in [6.07, 6.45) is 5.32. The van der Waals surface area contributed by atoms with Gasteiger partial charge >= 0.3 is 191 Å². The molecule has 2 aliphatic rings. The van der Waals surface area contributed by atoms with E-state index in [2.05, 4.69) is 30.9 Å². The number of nitrogens with zero attached hydrogens (tertiary/aromatic N) is 5. The molecule has 0 unspecified atom stereocenters. The number of amides is 1. The molecule has 0 radical (unpaired) electrons. The summed E-state index contributed by atoms with van der Waals surface area (Å²) in [7, 11) is 1.44. The number of hydrogen-bond donors (Lipinski definition) is 2. The Bertz CT molecular complexity index is 1280. The van der Waals surface area contributed by atoms with Gasteiger partial charge < -0.3 is 0 Å². The zero-order valence-corrected chi connectivity index (χ0v) is 21.2. The molecule has 2 saturated carbocycles. The maximum absolute atomic E-state index is 14.7. The topological polar surface area (TPSA) is 133 Å². The maximum atomic E-state index is 14.7. The van der Waals surface area contributed by atoms with Crippen LogP contribution in [-0.2, 0) is 27.0 Å². The van der Waals surface area contributed by atoms with Crippen molar-refractivity contribution in [1.29, 1.82) is 0 Å². The van der Waals surface area contributed by atoms with E-state index in [9.17, 15) is 14.0 Å². The predicted molar refractivity (Wildman–Crippen MR) is 112 cm³/mol. The third-order valence-electron chi connectivity index (χ3n) is 5.52. The van der Waals surface area contributed by atoms with Crippen molar-refractivity contribution < 1.29 is 40.9 Å². The van der Waals surface area contributed by atoms with E-state index in [0.717, 1.165) is 25.7 Å². The van der Waals surface area contributed by atoms with Crippen molar-refractivity contribution in [2.24, 2.45) is 5.92 Å². The van der Waals surface area contributed by atoms with Crippen LogP contribution in [0, 0.1) is 11.7 Å². The molecule has 171 valence electrons. The van der Waals surface area contributed by atoms with Gasteiger partial charge in [0.25, 0.3) is 0 Å². The van der Waals surface area contributed by atoms with Crippen molar-refractivity contribution in [3.63, 3.8) is 0 Å². The van der Waals surface area contributed by atoms with Gasteiger partial charge in [0.2, 0.25) is 0 Å². The summed E-state index contributed by atoms with van der Waals surface area (Å²) >= 11 is 0.253. The number of hydrogen-bond acceptors (Lipinski definition) is 9. The van der Waals surface area contributed by atoms with E-state index in [1.807, 2.05) is 0 Å². The van der Waals surface area contributed by atoms with Gasteiger partial charge in [-0.15, -0.1) is 0 Å².